The lowest BCUT2D eigenvalue weighted by atomic mass is 10.1. The summed E-state index contributed by atoms with van der Waals surface area (Å²) in [6.07, 6.45) is 2.24. The van der Waals surface area contributed by atoms with Crippen molar-refractivity contribution in [3.8, 4) is 5.69 Å². The fourth-order valence-electron chi connectivity index (χ4n) is 4.45. The molecule has 1 saturated carbocycles. The van der Waals surface area contributed by atoms with Gasteiger partial charge < -0.3 is 25.0 Å². The van der Waals surface area contributed by atoms with Crippen molar-refractivity contribution in [2.75, 3.05) is 26.7 Å². The summed E-state index contributed by atoms with van der Waals surface area (Å²) in [5, 5.41) is 10.8. The molecule has 4 rings (SSSR count). The molecule has 2 fully saturated rings. The number of morpholine rings is 1. The molecule has 35 heavy (non-hydrogen) atoms. The van der Waals surface area contributed by atoms with Crippen LogP contribution in [-0.4, -0.2) is 71.7 Å². The Morgan fingerprint density at radius 2 is 2.06 bits per heavy atom. The van der Waals surface area contributed by atoms with Gasteiger partial charge in [-0.2, -0.15) is 5.10 Å². The Morgan fingerprint density at radius 3 is 2.71 bits per heavy atom. The highest BCUT2D eigenvalue weighted by molar-refractivity contribution is 5.82. The molecule has 0 unspecified atom stereocenters. The van der Waals surface area contributed by atoms with Crippen LogP contribution in [0.5, 0.6) is 0 Å². The maximum absolute atomic E-state index is 13.5. The van der Waals surface area contributed by atoms with E-state index in [4.69, 9.17) is 9.84 Å². The number of aryl methyl sites for hydroxylation is 1. The summed E-state index contributed by atoms with van der Waals surface area (Å²) >= 11 is 0. The van der Waals surface area contributed by atoms with E-state index in [9.17, 15) is 14.0 Å². The van der Waals surface area contributed by atoms with Crippen LogP contribution in [0.3, 0.4) is 0 Å². The number of nitrogens with one attached hydrogen (secondary N) is 2. The topological polar surface area (TPSA) is 97.7 Å². The number of ether oxygens (including phenoxy) is 2. The van der Waals surface area contributed by atoms with Gasteiger partial charge in [0, 0.05) is 31.4 Å². The first-order valence-electron chi connectivity index (χ1n) is 12.2. The lowest BCUT2D eigenvalue weighted by Gasteiger charge is -2.35. The van der Waals surface area contributed by atoms with Crippen molar-refractivity contribution in [3.05, 3.63) is 47.5 Å². The molecule has 1 aliphatic carbocycles. The summed E-state index contributed by atoms with van der Waals surface area (Å²) in [6, 6.07) is 8.09. The van der Waals surface area contributed by atoms with Crippen molar-refractivity contribution in [2.45, 2.75) is 63.8 Å². The van der Waals surface area contributed by atoms with Crippen molar-refractivity contribution in [2.24, 2.45) is 0 Å². The molecule has 1 aliphatic heterocycles. The zero-order valence-electron chi connectivity index (χ0n) is 20.5. The van der Waals surface area contributed by atoms with Crippen LogP contribution in [0.1, 0.15) is 50.5 Å². The molecule has 10 heteroatoms. The van der Waals surface area contributed by atoms with Gasteiger partial charge >= 0.3 is 6.09 Å². The van der Waals surface area contributed by atoms with Crippen LogP contribution < -0.4 is 10.6 Å². The average molecular weight is 488 g/mol. The number of rotatable bonds is 9. The number of carbonyl (C=O) groups excluding carboxylic acids is 2. The standard InChI is InChI=1S/C25H34FN5O4/c1-16-14-27-15-23(35-16)24(32)30(19-10-11-19)17(2)22-13-21(5-4-12-28-25(33)34-3)31(29-22)20-8-6-18(26)7-9-20/h6-9,13,16-17,19,23,27H,4-5,10-12,14-15H2,1-3H3,(H,28,33)/t16-,17-,23-/m1/s1. The highest BCUT2D eigenvalue weighted by atomic mass is 19.1. The number of benzene rings is 1. The third-order valence-corrected chi connectivity index (χ3v) is 6.41. The number of methoxy groups -OCH3 is 1. The largest absolute Gasteiger partial charge is 0.453 e. The number of halogens is 1. The molecule has 2 heterocycles. The summed E-state index contributed by atoms with van der Waals surface area (Å²) in [6.45, 7) is 5.64. The fourth-order valence-corrected chi connectivity index (χ4v) is 4.45. The minimum atomic E-state index is -0.509. The predicted molar refractivity (Wildman–Crippen MR) is 128 cm³/mol. The van der Waals surface area contributed by atoms with E-state index in [1.165, 1.54) is 19.2 Å². The van der Waals surface area contributed by atoms with Gasteiger partial charge in [0.25, 0.3) is 5.91 Å². The van der Waals surface area contributed by atoms with Crippen LogP contribution in [0.15, 0.2) is 30.3 Å². The van der Waals surface area contributed by atoms with Gasteiger partial charge in [0.1, 0.15) is 11.9 Å². The lowest BCUT2D eigenvalue weighted by molar-refractivity contribution is -0.152. The summed E-state index contributed by atoms with van der Waals surface area (Å²) in [4.78, 5) is 26.8. The van der Waals surface area contributed by atoms with Gasteiger partial charge in [-0.05, 0) is 69.9 Å². The predicted octanol–water partition coefficient (Wildman–Crippen LogP) is 2.73. The van der Waals surface area contributed by atoms with Crippen molar-refractivity contribution in [1.82, 2.24) is 25.3 Å². The van der Waals surface area contributed by atoms with E-state index in [0.29, 0.717) is 25.9 Å². The molecule has 3 atom stereocenters. The molecule has 2 N–H and O–H groups in total. The quantitative estimate of drug-likeness (QED) is 0.528. The third-order valence-electron chi connectivity index (χ3n) is 6.41. The normalized spacial score (nSPS) is 20.8. The molecular formula is C25H34FN5O4. The second kappa shape index (κ2) is 11.2. The fraction of sp³-hybridized carbons (Fsp3) is 0.560. The summed E-state index contributed by atoms with van der Waals surface area (Å²) in [5.74, 6) is -0.335. The molecule has 1 saturated heterocycles. The van der Waals surface area contributed by atoms with Crippen molar-refractivity contribution in [1.29, 1.82) is 0 Å². The molecule has 0 bridgehead atoms. The second-order valence-corrected chi connectivity index (χ2v) is 9.22. The molecular weight excluding hydrogens is 453 g/mol. The Labute approximate surface area is 204 Å². The first-order chi connectivity index (χ1) is 16.9. The molecule has 0 radical (unpaired) electrons. The van der Waals surface area contributed by atoms with Crippen molar-refractivity contribution >= 4 is 12.0 Å². The second-order valence-electron chi connectivity index (χ2n) is 9.22. The zero-order valence-corrected chi connectivity index (χ0v) is 20.5. The molecule has 0 spiro atoms. The van der Waals surface area contributed by atoms with Gasteiger partial charge in [0.15, 0.2) is 0 Å². The first-order valence-corrected chi connectivity index (χ1v) is 12.2. The zero-order chi connectivity index (χ0) is 24.9. The Bertz CT molecular complexity index is 1020. The number of nitrogens with zero attached hydrogens (tertiary/aromatic N) is 3. The van der Waals surface area contributed by atoms with Gasteiger partial charge in [0.2, 0.25) is 0 Å². The molecule has 9 nitrogen and oxygen atoms in total. The summed E-state index contributed by atoms with van der Waals surface area (Å²) < 4.78 is 25.9. The number of carbonyl (C=O) groups is 2. The van der Waals surface area contributed by atoms with Crippen LogP contribution in [0.4, 0.5) is 9.18 Å². The third kappa shape index (κ3) is 6.18. The van der Waals surface area contributed by atoms with E-state index < -0.39 is 12.2 Å². The van der Waals surface area contributed by atoms with Gasteiger partial charge in [-0.1, -0.05) is 0 Å². The lowest BCUT2D eigenvalue weighted by Crippen LogP contribution is -2.53. The molecule has 2 aliphatic rings. The van der Waals surface area contributed by atoms with Gasteiger partial charge in [-0.15, -0.1) is 0 Å². The van der Waals surface area contributed by atoms with Crippen molar-refractivity contribution in [3.63, 3.8) is 0 Å². The van der Waals surface area contributed by atoms with Crippen LogP contribution >= 0.6 is 0 Å². The maximum atomic E-state index is 13.5. The maximum Gasteiger partial charge on any atom is 0.406 e. The number of aromatic nitrogens is 2. The number of amides is 2. The number of alkyl carbamates (subject to hydrolysis) is 1. The van der Waals surface area contributed by atoms with E-state index in [0.717, 1.165) is 36.5 Å². The monoisotopic (exact) mass is 487 g/mol. The smallest absolute Gasteiger partial charge is 0.406 e. The first kappa shape index (κ1) is 25.1. The van der Waals surface area contributed by atoms with E-state index in [2.05, 4.69) is 15.4 Å². The van der Waals surface area contributed by atoms with Crippen LogP contribution in [0.2, 0.25) is 0 Å². The van der Waals surface area contributed by atoms with Crippen LogP contribution in [0.25, 0.3) is 5.69 Å². The van der Waals surface area contributed by atoms with E-state index >= 15 is 0 Å². The van der Waals surface area contributed by atoms with Crippen molar-refractivity contribution < 1.29 is 23.5 Å². The number of hydrogen-bond donors (Lipinski definition) is 2. The Balaban J connectivity index is 1.56. The summed E-state index contributed by atoms with van der Waals surface area (Å²) in [5.41, 5.74) is 2.42. The Morgan fingerprint density at radius 1 is 1.31 bits per heavy atom. The van der Waals surface area contributed by atoms with E-state index in [-0.39, 0.29) is 29.9 Å². The Kier molecular flexibility index (Phi) is 8.02. The minimum Gasteiger partial charge on any atom is -0.453 e. The van der Waals surface area contributed by atoms with E-state index in [1.54, 1.807) is 16.8 Å². The highest BCUT2D eigenvalue weighted by Gasteiger charge is 2.41. The van der Waals surface area contributed by atoms with Gasteiger partial charge in [-0.3, -0.25) is 4.79 Å². The van der Waals surface area contributed by atoms with Gasteiger partial charge in [0.05, 0.1) is 30.6 Å². The molecule has 2 aromatic rings. The molecule has 1 aromatic carbocycles. The summed E-state index contributed by atoms with van der Waals surface area (Å²) in [7, 11) is 1.33. The minimum absolute atomic E-state index is 0.0146. The molecule has 190 valence electrons. The molecule has 1 aromatic heterocycles. The highest BCUT2D eigenvalue weighted by Crippen LogP contribution is 2.35. The van der Waals surface area contributed by atoms with E-state index in [1.807, 2.05) is 24.8 Å². The average Bonchev–Trinajstić information content (AvgIpc) is 3.60. The van der Waals surface area contributed by atoms with Crippen LogP contribution in [0, 0.1) is 5.82 Å². The van der Waals surface area contributed by atoms with Crippen LogP contribution in [-0.2, 0) is 20.7 Å². The molecule has 2 amide bonds. The SMILES string of the molecule is COC(=O)NCCCc1cc([C@@H](C)N(C(=O)[C@H]2CNC[C@@H](C)O2)C2CC2)nn1-c1ccc(F)cc1. The van der Waals surface area contributed by atoms with Gasteiger partial charge in [-0.25, -0.2) is 13.9 Å². The number of hydrogen-bond acceptors (Lipinski definition) is 6. The Hall–Kier alpha value is -2.98.